The van der Waals surface area contributed by atoms with Gasteiger partial charge in [0, 0.05) is 17.3 Å². The van der Waals surface area contributed by atoms with E-state index in [2.05, 4.69) is 36.4 Å². The zero-order chi connectivity index (χ0) is 22.3. The number of carbonyl (C=O) groups excluding carboxylic acids is 1. The van der Waals surface area contributed by atoms with Gasteiger partial charge in [0.05, 0.1) is 7.11 Å². The van der Waals surface area contributed by atoms with Gasteiger partial charge in [0.25, 0.3) is 0 Å². The lowest BCUT2D eigenvalue weighted by Gasteiger charge is -2.17. The number of aldehydes is 1. The summed E-state index contributed by atoms with van der Waals surface area (Å²) in [5.74, 6) is 0.417. The van der Waals surface area contributed by atoms with Crippen molar-refractivity contribution in [1.82, 2.24) is 0 Å². The van der Waals surface area contributed by atoms with Crippen LogP contribution < -0.4 is 15.3 Å². The van der Waals surface area contributed by atoms with Crippen molar-refractivity contribution in [1.29, 1.82) is 0 Å². The molecule has 0 fully saturated rings. The third-order valence-corrected chi connectivity index (χ3v) is 6.69. The molecule has 4 aromatic carbocycles. The highest BCUT2D eigenvalue weighted by molar-refractivity contribution is 7.56. The summed E-state index contributed by atoms with van der Waals surface area (Å²) in [6.45, 7) is 0. The molecule has 0 radical (unpaired) electrons. The number of benzene rings is 4. The Balaban J connectivity index is 1.78. The summed E-state index contributed by atoms with van der Waals surface area (Å²) in [5.41, 5.74) is 5.09. The van der Waals surface area contributed by atoms with Crippen molar-refractivity contribution < 1.29 is 13.9 Å². The molecule has 1 atom stereocenters. The fourth-order valence-electron chi connectivity index (χ4n) is 3.86. The summed E-state index contributed by atoms with van der Waals surface area (Å²) in [6.07, 6.45) is 2.26. The molecule has 4 aromatic rings. The normalized spacial score (nSPS) is 11.1. The number of rotatable bonds is 8. The topological polar surface area (TPSA) is 26.3 Å². The molecule has 0 aromatic heterocycles. The van der Waals surface area contributed by atoms with Crippen LogP contribution in [0.1, 0.15) is 32.6 Å². The second-order valence-corrected chi connectivity index (χ2v) is 8.96. The van der Waals surface area contributed by atoms with E-state index in [1.807, 2.05) is 36.4 Å². The molecule has 4 heteroatoms. The highest BCUT2D eigenvalue weighted by Gasteiger charge is 2.15. The predicted molar refractivity (Wildman–Crippen MR) is 131 cm³/mol. The standard InChI is InChI=1S/C28H24FO2P/c1-31-28-23(15-21-10-6-3-7-11-21)16-22(14-20-8-4-2-5-9-20)17-27(28)32-26-13-12-25(29)18-24(26)19-30/h2-13,16-19,32H,14-15H2,1H3. The number of hydrogen-bond acceptors (Lipinski definition) is 2. The first-order valence-electron chi connectivity index (χ1n) is 10.5. The third-order valence-electron chi connectivity index (χ3n) is 5.33. The van der Waals surface area contributed by atoms with E-state index < -0.39 is 5.82 Å². The number of hydrogen-bond donors (Lipinski definition) is 0. The minimum Gasteiger partial charge on any atom is -0.496 e. The Bertz CT molecular complexity index is 1210. The van der Waals surface area contributed by atoms with Crippen molar-refractivity contribution in [2.75, 3.05) is 7.11 Å². The molecule has 160 valence electrons. The Labute approximate surface area is 189 Å². The molecule has 0 spiro atoms. The lowest BCUT2D eigenvalue weighted by molar-refractivity contribution is 0.112. The first kappa shape index (κ1) is 21.9. The molecule has 2 nitrogen and oxygen atoms in total. The summed E-state index contributed by atoms with van der Waals surface area (Å²) in [6, 6.07) is 29.4. The van der Waals surface area contributed by atoms with E-state index in [0.29, 0.717) is 5.56 Å². The number of methoxy groups -OCH3 is 1. The first-order valence-corrected chi connectivity index (χ1v) is 11.5. The molecule has 0 aliphatic rings. The smallest absolute Gasteiger partial charge is 0.150 e. The Morgan fingerprint density at radius 3 is 2.06 bits per heavy atom. The first-order chi connectivity index (χ1) is 15.7. The van der Waals surface area contributed by atoms with E-state index in [4.69, 9.17) is 4.74 Å². The van der Waals surface area contributed by atoms with Crippen LogP contribution in [0.25, 0.3) is 0 Å². The number of halogens is 1. The summed E-state index contributed by atoms with van der Waals surface area (Å²) in [7, 11) is 1.86. The average molecular weight is 442 g/mol. The van der Waals surface area contributed by atoms with Gasteiger partial charge in [0.2, 0.25) is 0 Å². The van der Waals surface area contributed by atoms with Crippen LogP contribution in [0, 0.1) is 5.82 Å². The maximum atomic E-state index is 13.7. The van der Waals surface area contributed by atoms with Crippen LogP contribution in [0.4, 0.5) is 4.39 Å². The molecule has 0 aliphatic carbocycles. The van der Waals surface area contributed by atoms with E-state index in [1.54, 1.807) is 13.2 Å². The summed E-state index contributed by atoms with van der Waals surface area (Å²) in [5, 5.41) is 1.82. The van der Waals surface area contributed by atoms with Crippen LogP contribution in [0.15, 0.2) is 91.0 Å². The minimum atomic E-state index is -0.407. The van der Waals surface area contributed by atoms with Gasteiger partial charge in [-0.1, -0.05) is 81.4 Å². The number of ether oxygens (including phenoxy) is 1. The molecule has 0 aliphatic heterocycles. The molecule has 0 bridgehead atoms. The Morgan fingerprint density at radius 2 is 1.44 bits per heavy atom. The zero-order valence-corrected chi connectivity index (χ0v) is 18.8. The monoisotopic (exact) mass is 442 g/mol. The van der Waals surface area contributed by atoms with Crippen LogP contribution in [0.3, 0.4) is 0 Å². The molecule has 4 rings (SSSR count). The van der Waals surface area contributed by atoms with E-state index in [-0.39, 0.29) is 8.58 Å². The summed E-state index contributed by atoms with van der Waals surface area (Å²) >= 11 is 0. The third kappa shape index (κ3) is 5.30. The quantitative estimate of drug-likeness (QED) is 0.268. The van der Waals surface area contributed by atoms with Gasteiger partial charge in [0.1, 0.15) is 11.6 Å². The largest absolute Gasteiger partial charge is 0.496 e. The maximum Gasteiger partial charge on any atom is 0.150 e. The van der Waals surface area contributed by atoms with E-state index in [9.17, 15) is 9.18 Å². The SMILES string of the molecule is COc1c(Cc2ccccc2)cc(Cc2ccccc2)cc1Pc1ccc(F)cc1C=O. The molecule has 0 amide bonds. The van der Waals surface area contributed by atoms with Gasteiger partial charge in [-0.3, -0.25) is 4.79 Å². The minimum absolute atomic E-state index is 0.176. The van der Waals surface area contributed by atoms with Gasteiger partial charge in [-0.05, 0) is 52.2 Å². The summed E-state index contributed by atoms with van der Waals surface area (Å²) in [4.78, 5) is 11.5. The van der Waals surface area contributed by atoms with Crippen LogP contribution in [0.5, 0.6) is 5.75 Å². The second kappa shape index (κ2) is 10.3. The van der Waals surface area contributed by atoms with Gasteiger partial charge in [-0.25, -0.2) is 4.39 Å². The molecule has 0 saturated carbocycles. The molecule has 0 saturated heterocycles. The Kier molecular flexibility index (Phi) is 7.09. The van der Waals surface area contributed by atoms with Crippen molar-refractivity contribution in [3.8, 4) is 5.75 Å². The molecule has 0 heterocycles. The molecule has 0 N–H and O–H groups in total. The molecular weight excluding hydrogens is 418 g/mol. The van der Waals surface area contributed by atoms with Crippen molar-refractivity contribution in [2.24, 2.45) is 0 Å². The van der Waals surface area contributed by atoms with Gasteiger partial charge < -0.3 is 4.74 Å². The van der Waals surface area contributed by atoms with Crippen LogP contribution in [0.2, 0.25) is 0 Å². The predicted octanol–water partition coefficient (Wildman–Crippen LogP) is 5.46. The van der Waals surface area contributed by atoms with Gasteiger partial charge in [0.15, 0.2) is 6.29 Å². The molecular formula is C28H24FO2P. The van der Waals surface area contributed by atoms with E-state index >= 15 is 0 Å². The van der Waals surface area contributed by atoms with Gasteiger partial charge in [-0.15, -0.1) is 0 Å². The van der Waals surface area contributed by atoms with Crippen molar-refractivity contribution in [2.45, 2.75) is 12.8 Å². The molecule has 32 heavy (non-hydrogen) atoms. The van der Waals surface area contributed by atoms with Crippen LogP contribution >= 0.6 is 8.58 Å². The second-order valence-electron chi connectivity index (χ2n) is 7.63. The van der Waals surface area contributed by atoms with Crippen molar-refractivity contribution in [3.63, 3.8) is 0 Å². The van der Waals surface area contributed by atoms with Gasteiger partial charge in [-0.2, -0.15) is 0 Å². The lowest BCUT2D eigenvalue weighted by Crippen LogP contribution is -2.14. The van der Waals surface area contributed by atoms with E-state index in [1.165, 1.54) is 28.8 Å². The average Bonchev–Trinajstić information content (AvgIpc) is 2.81. The van der Waals surface area contributed by atoms with Crippen LogP contribution in [-0.4, -0.2) is 13.4 Å². The van der Waals surface area contributed by atoms with Crippen molar-refractivity contribution >= 4 is 25.5 Å². The fraction of sp³-hybridized carbons (Fsp3) is 0.107. The highest BCUT2D eigenvalue weighted by Crippen LogP contribution is 2.29. The maximum absolute atomic E-state index is 13.7. The number of carbonyl (C=O) groups is 1. The molecule has 1 unspecified atom stereocenters. The zero-order valence-electron chi connectivity index (χ0n) is 17.8. The highest BCUT2D eigenvalue weighted by atomic mass is 31.1. The fourth-order valence-corrected chi connectivity index (χ4v) is 5.23. The van der Waals surface area contributed by atoms with Crippen LogP contribution in [-0.2, 0) is 12.8 Å². The Hall–Kier alpha value is -3.29. The van der Waals surface area contributed by atoms with E-state index in [0.717, 1.165) is 41.0 Å². The van der Waals surface area contributed by atoms with Crippen molar-refractivity contribution in [3.05, 3.63) is 125 Å². The summed E-state index contributed by atoms with van der Waals surface area (Å²) < 4.78 is 19.5. The lowest BCUT2D eigenvalue weighted by atomic mass is 9.98. The van der Waals surface area contributed by atoms with Gasteiger partial charge >= 0.3 is 0 Å². The Morgan fingerprint density at radius 1 is 0.781 bits per heavy atom.